The van der Waals surface area contributed by atoms with Crippen molar-refractivity contribution < 1.29 is 10.2 Å². The van der Waals surface area contributed by atoms with Gasteiger partial charge in [-0.3, -0.25) is 5.43 Å². The quantitative estimate of drug-likeness (QED) is 0.499. The van der Waals surface area contributed by atoms with Gasteiger partial charge in [-0.1, -0.05) is 12.8 Å². The molecule has 1 fully saturated rings. The summed E-state index contributed by atoms with van der Waals surface area (Å²) in [6.45, 7) is 1.88. The first-order valence-electron chi connectivity index (χ1n) is 7.64. The fourth-order valence-electron chi connectivity index (χ4n) is 2.69. The number of hydrogen-bond donors (Lipinski definition) is 4. The summed E-state index contributed by atoms with van der Waals surface area (Å²) in [5.74, 6) is 0.00696. The minimum atomic E-state index is -0.105. The number of aromatic hydroxyl groups is 2. The Hall–Kier alpha value is -2.19. The van der Waals surface area contributed by atoms with Crippen molar-refractivity contribution in [2.75, 3.05) is 13.1 Å². The van der Waals surface area contributed by atoms with Gasteiger partial charge in [-0.2, -0.15) is 0 Å². The number of rotatable bonds is 2. The van der Waals surface area contributed by atoms with Crippen molar-refractivity contribution in [3.05, 3.63) is 18.2 Å². The molecule has 0 spiro atoms. The summed E-state index contributed by atoms with van der Waals surface area (Å²) < 4.78 is 0. The highest BCUT2D eigenvalue weighted by atomic mass is 32.1. The zero-order chi connectivity index (χ0) is 16.2. The number of aromatic amines is 1. The van der Waals surface area contributed by atoms with Crippen LogP contribution in [-0.2, 0) is 0 Å². The van der Waals surface area contributed by atoms with E-state index in [4.69, 9.17) is 12.2 Å². The lowest BCUT2D eigenvalue weighted by Gasteiger charge is -2.20. The molecule has 1 aromatic heterocycles. The van der Waals surface area contributed by atoms with Gasteiger partial charge in [-0.25, -0.2) is 5.01 Å². The number of H-pyrrole nitrogens is 1. The molecule has 0 unspecified atom stereocenters. The molecule has 1 aromatic carbocycles. The van der Waals surface area contributed by atoms with Crippen molar-refractivity contribution in [3.63, 3.8) is 0 Å². The van der Waals surface area contributed by atoms with Gasteiger partial charge in [0, 0.05) is 24.5 Å². The predicted molar refractivity (Wildman–Crippen MR) is 91.9 cm³/mol. The second-order valence-electron chi connectivity index (χ2n) is 5.57. The van der Waals surface area contributed by atoms with Gasteiger partial charge in [0.2, 0.25) is 11.0 Å². The number of nitrogens with one attached hydrogen (secondary N) is 2. The number of thiocarbonyl (C=S) groups is 1. The molecule has 7 nitrogen and oxygen atoms in total. The second kappa shape index (κ2) is 6.93. The smallest absolute Gasteiger partial charge is 0.228 e. The Kier molecular flexibility index (Phi) is 4.73. The molecule has 0 aliphatic carbocycles. The summed E-state index contributed by atoms with van der Waals surface area (Å²) in [7, 11) is 0. The van der Waals surface area contributed by atoms with E-state index in [-0.39, 0.29) is 16.7 Å². The van der Waals surface area contributed by atoms with Crippen LogP contribution in [0.3, 0.4) is 0 Å². The van der Waals surface area contributed by atoms with E-state index < -0.39 is 0 Å². The molecule has 0 bridgehead atoms. The number of hydrogen-bond acceptors (Lipinski definition) is 5. The largest absolute Gasteiger partial charge is 0.508 e. The molecule has 0 atom stereocenters. The first-order chi connectivity index (χ1) is 11.1. The van der Waals surface area contributed by atoms with E-state index in [0.717, 1.165) is 25.9 Å². The van der Waals surface area contributed by atoms with Gasteiger partial charge in [0.25, 0.3) is 0 Å². The van der Waals surface area contributed by atoms with E-state index in [1.54, 1.807) is 6.07 Å². The maximum atomic E-state index is 9.93. The fourth-order valence-corrected chi connectivity index (χ4v) is 2.86. The normalized spacial score (nSPS) is 16.7. The van der Waals surface area contributed by atoms with Gasteiger partial charge in [-0.15, -0.1) is 10.2 Å². The van der Waals surface area contributed by atoms with Crippen molar-refractivity contribution >= 4 is 33.9 Å². The number of aromatic nitrogens is 1. The average Bonchev–Trinajstić information content (AvgIpc) is 2.67. The summed E-state index contributed by atoms with van der Waals surface area (Å²) in [5, 5.41) is 30.4. The van der Waals surface area contributed by atoms with Crippen LogP contribution >= 0.6 is 12.2 Å². The van der Waals surface area contributed by atoms with Gasteiger partial charge in [-0.05, 0) is 37.2 Å². The number of phenols is 1. The molecule has 122 valence electrons. The van der Waals surface area contributed by atoms with Crippen LogP contribution in [0.2, 0.25) is 0 Å². The Labute approximate surface area is 139 Å². The SMILES string of the molecule is Oc1ccc2c(N=NC(=S)NN3CCCCCC3)c(O)[nH]c2c1. The number of benzene rings is 1. The molecule has 23 heavy (non-hydrogen) atoms. The van der Waals surface area contributed by atoms with Crippen molar-refractivity contribution in [2.24, 2.45) is 10.2 Å². The van der Waals surface area contributed by atoms with Crippen molar-refractivity contribution in [1.82, 2.24) is 15.4 Å². The van der Waals surface area contributed by atoms with Crippen LogP contribution in [0.1, 0.15) is 25.7 Å². The van der Waals surface area contributed by atoms with E-state index in [9.17, 15) is 10.2 Å². The van der Waals surface area contributed by atoms with Crippen LogP contribution in [0.15, 0.2) is 28.4 Å². The molecule has 1 saturated heterocycles. The lowest BCUT2D eigenvalue weighted by atomic mass is 10.2. The monoisotopic (exact) mass is 333 g/mol. The summed E-state index contributed by atoms with van der Waals surface area (Å²) in [4.78, 5) is 2.75. The molecule has 2 aromatic rings. The van der Waals surface area contributed by atoms with E-state index in [1.165, 1.54) is 25.0 Å². The maximum absolute atomic E-state index is 9.93. The maximum Gasteiger partial charge on any atom is 0.228 e. The van der Waals surface area contributed by atoms with Crippen molar-refractivity contribution in [2.45, 2.75) is 25.7 Å². The van der Waals surface area contributed by atoms with Gasteiger partial charge in [0.1, 0.15) is 5.75 Å². The highest BCUT2D eigenvalue weighted by Gasteiger charge is 2.12. The van der Waals surface area contributed by atoms with Gasteiger partial charge in [0.05, 0.1) is 5.52 Å². The molecule has 1 aliphatic rings. The van der Waals surface area contributed by atoms with E-state index in [1.807, 2.05) is 0 Å². The molecule has 3 rings (SSSR count). The topological polar surface area (TPSA) is 96.2 Å². The van der Waals surface area contributed by atoms with Crippen LogP contribution in [0.5, 0.6) is 11.6 Å². The van der Waals surface area contributed by atoms with E-state index in [0.29, 0.717) is 16.6 Å². The third-order valence-corrected chi connectivity index (χ3v) is 4.01. The van der Waals surface area contributed by atoms with Crippen LogP contribution in [0.4, 0.5) is 5.69 Å². The minimum Gasteiger partial charge on any atom is -0.508 e. The fraction of sp³-hybridized carbons (Fsp3) is 0.400. The van der Waals surface area contributed by atoms with E-state index in [2.05, 4.69) is 25.6 Å². The van der Waals surface area contributed by atoms with Crippen LogP contribution < -0.4 is 5.43 Å². The zero-order valence-electron chi connectivity index (χ0n) is 12.6. The molecule has 2 heterocycles. The summed E-state index contributed by atoms with van der Waals surface area (Å²) in [6, 6.07) is 4.71. The Bertz CT molecular complexity index is 735. The Morgan fingerprint density at radius 2 is 1.91 bits per heavy atom. The van der Waals surface area contributed by atoms with Crippen molar-refractivity contribution in [1.29, 1.82) is 0 Å². The molecule has 0 radical (unpaired) electrons. The molecule has 8 heteroatoms. The van der Waals surface area contributed by atoms with Crippen LogP contribution in [-0.4, -0.2) is 38.4 Å². The second-order valence-corrected chi connectivity index (χ2v) is 5.96. The summed E-state index contributed by atoms with van der Waals surface area (Å²) in [6.07, 6.45) is 4.75. The predicted octanol–water partition coefficient (Wildman–Crippen LogP) is 3.33. The van der Waals surface area contributed by atoms with Gasteiger partial charge >= 0.3 is 0 Å². The first kappa shape index (κ1) is 15.7. The highest BCUT2D eigenvalue weighted by Crippen LogP contribution is 2.36. The number of hydrazine groups is 1. The Morgan fingerprint density at radius 1 is 1.17 bits per heavy atom. The summed E-state index contributed by atoms with van der Waals surface area (Å²) >= 11 is 5.19. The molecular formula is C15H19N5O2S. The van der Waals surface area contributed by atoms with Gasteiger partial charge in [0.15, 0.2) is 5.69 Å². The van der Waals surface area contributed by atoms with Crippen LogP contribution in [0, 0.1) is 0 Å². The number of azo groups is 1. The number of phenolic OH excluding ortho intramolecular Hbond substituents is 1. The molecule has 0 amide bonds. The Morgan fingerprint density at radius 3 is 2.65 bits per heavy atom. The standard InChI is InChI=1S/C15H19N5O2S/c21-10-5-6-11-12(9-10)16-14(22)13(11)17-18-15(23)19-20-7-3-1-2-4-8-20/h5-6,9,16,21-22H,1-4,7-8H2,(H,19,23). The molecule has 0 saturated carbocycles. The molecule has 1 aliphatic heterocycles. The van der Waals surface area contributed by atoms with Gasteiger partial charge < -0.3 is 15.2 Å². The molecular weight excluding hydrogens is 314 g/mol. The third-order valence-electron chi connectivity index (χ3n) is 3.84. The van der Waals surface area contributed by atoms with Crippen LogP contribution in [0.25, 0.3) is 10.9 Å². The van der Waals surface area contributed by atoms with Crippen molar-refractivity contribution in [3.8, 4) is 11.6 Å². The lowest BCUT2D eigenvalue weighted by molar-refractivity contribution is 0.246. The highest BCUT2D eigenvalue weighted by molar-refractivity contribution is 7.80. The van der Waals surface area contributed by atoms with E-state index >= 15 is 0 Å². The number of fused-ring (bicyclic) bond motifs is 1. The number of nitrogens with zero attached hydrogens (tertiary/aromatic N) is 3. The first-order valence-corrected chi connectivity index (χ1v) is 8.05. The average molecular weight is 333 g/mol. The minimum absolute atomic E-state index is 0.105. The third kappa shape index (κ3) is 3.77. The Balaban J connectivity index is 1.72. The lowest BCUT2D eigenvalue weighted by Crippen LogP contribution is -2.41. The summed E-state index contributed by atoms with van der Waals surface area (Å²) in [5.41, 5.74) is 3.96. The molecule has 4 N–H and O–H groups in total. The zero-order valence-corrected chi connectivity index (χ0v) is 13.4.